The van der Waals surface area contributed by atoms with E-state index in [9.17, 15) is 19.5 Å². The van der Waals surface area contributed by atoms with Crippen LogP contribution in [0.5, 0.6) is 0 Å². The van der Waals surface area contributed by atoms with Crippen LogP contribution in [0.1, 0.15) is 47.1 Å². The van der Waals surface area contributed by atoms with Gasteiger partial charge in [0.25, 0.3) is 0 Å². The van der Waals surface area contributed by atoms with Gasteiger partial charge in [-0.3, -0.25) is 0 Å². The molecule has 0 bridgehead atoms. The largest absolute Gasteiger partial charge is 0.464 e. The SMILES string of the molecule is CCOC(=O)[C@H](Cc1ccc(-c2ccccc2)cc1)NC(=O)N(CC(C)C)CC(O)C(=O)OC(C)(C)C. The topological polar surface area (TPSA) is 105 Å². The summed E-state index contributed by atoms with van der Waals surface area (Å²) < 4.78 is 10.4. The number of hydrogen-bond acceptors (Lipinski definition) is 6. The third kappa shape index (κ3) is 10.2. The Kier molecular flexibility index (Phi) is 11.1. The molecule has 0 saturated heterocycles. The van der Waals surface area contributed by atoms with Crippen LogP contribution < -0.4 is 5.32 Å². The normalized spacial score (nSPS) is 13.0. The Morgan fingerprint density at radius 3 is 2.05 bits per heavy atom. The molecule has 0 aromatic heterocycles. The average molecular weight is 513 g/mol. The van der Waals surface area contributed by atoms with Crippen LogP contribution >= 0.6 is 0 Å². The first-order valence-corrected chi connectivity index (χ1v) is 12.7. The van der Waals surface area contributed by atoms with Gasteiger partial charge in [-0.05, 0) is 50.3 Å². The Balaban J connectivity index is 2.16. The highest BCUT2D eigenvalue weighted by molar-refractivity contribution is 5.84. The monoisotopic (exact) mass is 512 g/mol. The molecule has 0 heterocycles. The van der Waals surface area contributed by atoms with Crippen molar-refractivity contribution in [1.82, 2.24) is 10.2 Å². The van der Waals surface area contributed by atoms with E-state index < -0.39 is 35.7 Å². The lowest BCUT2D eigenvalue weighted by atomic mass is 10.0. The molecule has 8 heteroatoms. The van der Waals surface area contributed by atoms with Crippen molar-refractivity contribution in [3.8, 4) is 11.1 Å². The van der Waals surface area contributed by atoms with Crippen LogP contribution in [-0.2, 0) is 25.5 Å². The van der Waals surface area contributed by atoms with E-state index in [1.165, 1.54) is 4.90 Å². The molecule has 2 amide bonds. The third-order valence-corrected chi connectivity index (χ3v) is 5.31. The summed E-state index contributed by atoms with van der Waals surface area (Å²) in [5.74, 6) is -1.31. The zero-order valence-corrected chi connectivity index (χ0v) is 22.7. The van der Waals surface area contributed by atoms with Gasteiger partial charge in [0.15, 0.2) is 6.10 Å². The number of rotatable bonds is 11. The smallest absolute Gasteiger partial charge is 0.337 e. The minimum atomic E-state index is -1.52. The van der Waals surface area contributed by atoms with Gasteiger partial charge in [-0.15, -0.1) is 0 Å². The van der Waals surface area contributed by atoms with Gasteiger partial charge in [0, 0.05) is 13.0 Å². The summed E-state index contributed by atoms with van der Waals surface area (Å²) in [6.07, 6.45) is -1.29. The van der Waals surface area contributed by atoms with E-state index in [1.807, 2.05) is 68.4 Å². The van der Waals surface area contributed by atoms with E-state index in [1.54, 1.807) is 27.7 Å². The number of amides is 2. The molecular formula is C29H40N2O6. The Bertz CT molecular complexity index is 1010. The maximum absolute atomic E-state index is 13.2. The highest BCUT2D eigenvalue weighted by Gasteiger charge is 2.30. The minimum absolute atomic E-state index is 0.0585. The maximum atomic E-state index is 13.2. The van der Waals surface area contributed by atoms with Gasteiger partial charge in [-0.25, -0.2) is 14.4 Å². The molecule has 37 heavy (non-hydrogen) atoms. The van der Waals surface area contributed by atoms with Gasteiger partial charge in [-0.1, -0.05) is 68.4 Å². The summed E-state index contributed by atoms with van der Waals surface area (Å²) >= 11 is 0. The molecule has 1 unspecified atom stereocenters. The molecule has 2 aromatic rings. The molecule has 0 aliphatic carbocycles. The van der Waals surface area contributed by atoms with Crippen molar-refractivity contribution < 1.29 is 29.0 Å². The lowest BCUT2D eigenvalue weighted by Gasteiger charge is -2.29. The van der Waals surface area contributed by atoms with Gasteiger partial charge < -0.3 is 24.8 Å². The maximum Gasteiger partial charge on any atom is 0.337 e. The fourth-order valence-corrected chi connectivity index (χ4v) is 3.71. The Labute approximate surface area is 220 Å². The lowest BCUT2D eigenvalue weighted by Crippen LogP contribution is -2.53. The summed E-state index contributed by atoms with van der Waals surface area (Å²) in [4.78, 5) is 39.5. The minimum Gasteiger partial charge on any atom is -0.464 e. The zero-order valence-electron chi connectivity index (χ0n) is 22.7. The van der Waals surface area contributed by atoms with E-state index >= 15 is 0 Å². The summed E-state index contributed by atoms with van der Waals surface area (Å²) in [6.45, 7) is 10.8. The predicted molar refractivity (Wildman–Crippen MR) is 143 cm³/mol. The van der Waals surface area contributed by atoms with Crippen LogP contribution in [0.25, 0.3) is 11.1 Å². The fraction of sp³-hybridized carbons (Fsp3) is 0.483. The zero-order chi connectivity index (χ0) is 27.6. The number of aliphatic hydroxyl groups excluding tert-OH is 1. The van der Waals surface area contributed by atoms with Gasteiger partial charge in [-0.2, -0.15) is 0 Å². The summed E-state index contributed by atoms with van der Waals surface area (Å²) in [5.41, 5.74) is 2.20. The highest BCUT2D eigenvalue weighted by Crippen LogP contribution is 2.20. The van der Waals surface area contributed by atoms with Gasteiger partial charge >= 0.3 is 18.0 Å². The van der Waals surface area contributed by atoms with Gasteiger partial charge in [0.2, 0.25) is 0 Å². The number of carbonyl (C=O) groups is 3. The average Bonchev–Trinajstić information content (AvgIpc) is 2.83. The van der Waals surface area contributed by atoms with Crippen molar-refractivity contribution >= 4 is 18.0 Å². The van der Waals surface area contributed by atoms with Crippen molar-refractivity contribution in [2.75, 3.05) is 19.7 Å². The van der Waals surface area contributed by atoms with Gasteiger partial charge in [0.05, 0.1) is 13.2 Å². The molecule has 2 rings (SSSR count). The van der Waals surface area contributed by atoms with Crippen molar-refractivity contribution in [1.29, 1.82) is 0 Å². The summed E-state index contributed by atoms with van der Waals surface area (Å²) in [5, 5.41) is 13.2. The predicted octanol–water partition coefficient (Wildman–Crippen LogP) is 4.20. The Hall–Kier alpha value is -3.39. The first kappa shape index (κ1) is 29.8. The van der Waals surface area contributed by atoms with Crippen LogP contribution in [0.15, 0.2) is 54.6 Å². The molecule has 0 aliphatic rings. The van der Waals surface area contributed by atoms with Crippen molar-refractivity contribution in [3.63, 3.8) is 0 Å². The number of benzene rings is 2. The summed E-state index contributed by atoms with van der Waals surface area (Å²) in [7, 11) is 0. The number of carbonyl (C=O) groups excluding carboxylic acids is 3. The first-order chi connectivity index (χ1) is 17.4. The second-order valence-corrected chi connectivity index (χ2v) is 10.4. The molecule has 0 fully saturated rings. The third-order valence-electron chi connectivity index (χ3n) is 5.31. The van der Waals surface area contributed by atoms with E-state index in [2.05, 4.69) is 5.32 Å². The molecule has 2 aromatic carbocycles. The van der Waals surface area contributed by atoms with E-state index in [0.29, 0.717) is 0 Å². The number of ether oxygens (including phenoxy) is 2. The molecule has 0 aliphatic heterocycles. The van der Waals surface area contributed by atoms with Gasteiger partial charge in [0.1, 0.15) is 11.6 Å². The van der Waals surface area contributed by atoms with Crippen molar-refractivity contribution in [2.45, 2.75) is 65.7 Å². The number of nitrogens with one attached hydrogen (secondary N) is 1. The second-order valence-electron chi connectivity index (χ2n) is 10.4. The number of nitrogens with zero attached hydrogens (tertiary/aromatic N) is 1. The molecule has 0 saturated carbocycles. The van der Waals surface area contributed by atoms with Crippen LogP contribution in [0.4, 0.5) is 4.79 Å². The lowest BCUT2D eigenvalue weighted by molar-refractivity contribution is -0.165. The molecule has 2 N–H and O–H groups in total. The fourth-order valence-electron chi connectivity index (χ4n) is 3.71. The van der Waals surface area contributed by atoms with E-state index in [0.717, 1.165) is 16.7 Å². The van der Waals surface area contributed by atoms with E-state index in [-0.39, 0.29) is 32.0 Å². The molecule has 8 nitrogen and oxygen atoms in total. The van der Waals surface area contributed by atoms with Crippen LogP contribution in [-0.4, -0.2) is 65.4 Å². The Morgan fingerprint density at radius 1 is 0.919 bits per heavy atom. The van der Waals surface area contributed by atoms with Crippen LogP contribution in [0.2, 0.25) is 0 Å². The molecule has 0 radical (unpaired) electrons. The van der Waals surface area contributed by atoms with Crippen molar-refractivity contribution in [3.05, 3.63) is 60.2 Å². The highest BCUT2D eigenvalue weighted by atomic mass is 16.6. The standard InChI is InChI=1S/C29H40N2O6/c1-7-36-26(33)24(17-21-13-15-23(16-14-21)22-11-9-8-10-12-22)30-28(35)31(18-20(2)3)19-25(32)27(34)37-29(4,5)6/h8-16,20,24-25,32H,7,17-19H2,1-6H3,(H,30,35)/t24-,25?/m0/s1. The number of aliphatic hydroxyl groups is 1. The molecule has 202 valence electrons. The number of esters is 2. The molecule has 2 atom stereocenters. The number of urea groups is 1. The first-order valence-electron chi connectivity index (χ1n) is 12.7. The van der Waals surface area contributed by atoms with E-state index in [4.69, 9.17) is 9.47 Å². The van der Waals surface area contributed by atoms with Crippen molar-refractivity contribution in [2.24, 2.45) is 5.92 Å². The van der Waals surface area contributed by atoms with Crippen LogP contribution in [0.3, 0.4) is 0 Å². The Morgan fingerprint density at radius 2 is 1.51 bits per heavy atom. The molecular weight excluding hydrogens is 472 g/mol. The number of hydrogen-bond donors (Lipinski definition) is 2. The second kappa shape index (κ2) is 13.8. The molecule has 0 spiro atoms. The summed E-state index contributed by atoms with van der Waals surface area (Å²) in [6, 6.07) is 16.2. The van der Waals surface area contributed by atoms with Crippen LogP contribution in [0, 0.1) is 5.92 Å². The quantitative estimate of drug-likeness (QED) is 0.437.